The molecule has 0 aliphatic rings. The zero-order valence-electron chi connectivity index (χ0n) is 2.97. The van der Waals surface area contributed by atoms with Crippen LogP contribution in [0, 0.1) is 12.5 Å². The highest BCUT2D eigenvalue weighted by molar-refractivity contribution is 5.42. The van der Waals surface area contributed by atoms with E-state index in [1.54, 1.807) is 6.11 Å². The third kappa shape index (κ3) is 2.81. The van der Waals surface area contributed by atoms with Gasteiger partial charge in [0, 0.05) is 0 Å². The Morgan fingerprint density at radius 3 is 2.67 bits per heavy atom. The van der Waals surface area contributed by atoms with E-state index in [1.165, 1.54) is 5.94 Å². The number of hydrogen-bond donors (Lipinski definition) is 0. The highest BCUT2D eigenvalue weighted by Crippen LogP contribution is 1.58. The van der Waals surface area contributed by atoms with Crippen LogP contribution in [0.15, 0.2) is 6.26 Å². The fourth-order valence-corrected chi connectivity index (χ4v) is 0.0581. The van der Waals surface area contributed by atoms with Crippen LogP contribution in [-0.4, -0.2) is 5.94 Å². The van der Waals surface area contributed by atoms with E-state index in [1.807, 2.05) is 0 Å². The number of ether oxygens (including phenoxy) is 1. The van der Waals surface area contributed by atoms with Gasteiger partial charge in [0.15, 0.2) is 12.2 Å². The van der Waals surface area contributed by atoms with E-state index >= 15 is 0 Å². The third-order valence-electron chi connectivity index (χ3n) is 0.175. The van der Waals surface area contributed by atoms with Crippen LogP contribution in [0.25, 0.3) is 0 Å². The van der Waals surface area contributed by atoms with Crippen molar-refractivity contribution < 1.29 is 9.53 Å². The molecular weight excluding hydrogens is 80.0 g/mol. The van der Waals surface area contributed by atoms with Crippen LogP contribution in [0.5, 0.6) is 0 Å². The van der Waals surface area contributed by atoms with Gasteiger partial charge in [-0.15, -0.1) is 0 Å². The fraction of sp³-hybridized carbons (Fsp3) is 0. The molecule has 0 radical (unpaired) electrons. The molecule has 0 saturated carbocycles. The van der Waals surface area contributed by atoms with Gasteiger partial charge >= 0.3 is 0 Å². The monoisotopic (exact) mass is 82.0 g/mol. The topological polar surface area (TPSA) is 26.3 Å². The predicted octanol–water partition coefficient (Wildman–Crippen LogP) is -0.0610. The SMILES string of the molecule is C#COC=C=O. The summed E-state index contributed by atoms with van der Waals surface area (Å²) in [6, 6.07) is 0. The lowest BCUT2D eigenvalue weighted by atomic mass is 11.1. The second-order valence-electron chi connectivity index (χ2n) is 0.471. The molecule has 0 fully saturated rings. The summed E-state index contributed by atoms with van der Waals surface area (Å²) in [5, 5.41) is 0. The molecule has 6 heavy (non-hydrogen) atoms. The molecular formula is C4H2O2. The lowest BCUT2D eigenvalue weighted by molar-refractivity contribution is 0.439. The quantitative estimate of drug-likeness (QED) is 0.251. The summed E-state index contributed by atoms with van der Waals surface area (Å²) < 4.78 is 3.96. The van der Waals surface area contributed by atoms with Gasteiger partial charge in [-0.3, -0.25) is 0 Å². The first-order valence-corrected chi connectivity index (χ1v) is 1.22. The van der Waals surface area contributed by atoms with Gasteiger partial charge in [-0.1, -0.05) is 6.42 Å². The van der Waals surface area contributed by atoms with Crippen LogP contribution < -0.4 is 0 Å². The number of rotatable bonds is 1. The van der Waals surface area contributed by atoms with Crippen LogP contribution in [0.1, 0.15) is 0 Å². The molecule has 0 aromatic carbocycles. The van der Waals surface area contributed by atoms with Crippen molar-refractivity contribution in [2.24, 2.45) is 0 Å². The van der Waals surface area contributed by atoms with Gasteiger partial charge in [-0.2, -0.15) is 0 Å². The molecule has 2 nitrogen and oxygen atoms in total. The zero-order valence-corrected chi connectivity index (χ0v) is 2.97. The molecule has 0 aliphatic heterocycles. The summed E-state index contributed by atoms with van der Waals surface area (Å²) in [7, 11) is 0. The summed E-state index contributed by atoms with van der Waals surface area (Å²) in [5.41, 5.74) is 0. The van der Waals surface area contributed by atoms with E-state index in [-0.39, 0.29) is 0 Å². The molecule has 0 aromatic heterocycles. The van der Waals surface area contributed by atoms with Crippen LogP contribution in [0.3, 0.4) is 0 Å². The van der Waals surface area contributed by atoms with Gasteiger partial charge in [0.25, 0.3) is 0 Å². The smallest absolute Gasteiger partial charge is 0.187 e. The average molecular weight is 82.1 g/mol. The highest BCUT2D eigenvalue weighted by Gasteiger charge is 1.54. The minimum atomic E-state index is 0.764. The molecule has 0 N–H and O–H groups in total. The summed E-state index contributed by atoms with van der Waals surface area (Å²) in [4.78, 5) is 9.16. The second kappa shape index (κ2) is 3.81. The van der Waals surface area contributed by atoms with E-state index in [2.05, 4.69) is 11.2 Å². The molecule has 0 aliphatic carbocycles. The number of carbonyl (C=O) groups excluding carboxylic acids is 1. The molecule has 0 amide bonds. The molecule has 0 spiro atoms. The fourth-order valence-electron chi connectivity index (χ4n) is 0.0581. The Morgan fingerprint density at radius 1 is 1.83 bits per heavy atom. The first-order chi connectivity index (χ1) is 2.91. The minimum absolute atomic E-state index is 0.764. The van der Waals surface area contributed by atoms with Crippen LogP contribution >= 0.6 is 0 Å². The third-order valence-corrected chi connectivity index (χ3v) is 0.175. The van der Waals surface area contributed by atoms with Crippen LogP contribution in [-0.2, 0) is 9.53 Å². The van der Waals surface area contributed by atoms with Crippen molar-refractivity contribution in [2.75, 3.05) is 0 Å². The summed E-state index contributed by atoms with van der Waals surface area (Å²) in [6.07, 6.45) is 7.05. The zero-order chi connectivity index (χ0) is 4.83. The molecule has 0 bridgehead atoms. The van der Waals surface area contributed by atoms with Crippen LogP contribution in [0.4, 0.5) is 0 Å². The summed E-state index contributed by atoms with van der Waals surface area (Å²) >= 11 is 0. The summed E-state index contributed by atoms with van der Waals surface area (Å²) in [5.74, 6) is 1.33. The average Bonchev–Trinajstić information content (AvgIpc) is 1.61. The van der Waals surface area contributed by atoms with Crippen molar-refractivity contribution in [3.05, 3.63) is 6.26 Å². The highest BCUT2D eigenvalue weighted by atomic mass is 16.5. The van der Waals surface area contributed by atoms with E-state index < -0.39 is 0 Å². The Morgan fingerprint density at radius 2 is 2.50 bits per heavy atom. The van der Waals surface area contributed by atoms with Crippen molar-refractivity contribution >= 4 is 5.94 Å². The maximum Gasteiger partial charge on any atom is 0.187 e. The maximum absolute atomic E-state index is 9.16. The largest absolute Gasteiger partial charge is 0.404 e. The number of hydrogen-bond acceptors (Lipinski definition) is 2. The molecule has 0 unspecified atom stereocenters. The van der Waals surface area contributed by atoms with Gasteiger partial charge in [-0.05, 0) is 0 Å². The molecule has 0 aromatic rings. The van der Waals surface area contributed by atoms with Gasteiger partial charge in [0.2, 0.25) is 0 Å². The van der Waals surface area contributed by atoms with Crippen molar-refractivity contribution in [3.8, 4) is 12.5 Å². The second-order valence-corrected chi connectivity index (χ2v) is 0.471. The first kappa shape index (κ1) is 4.81. The van der Waals surface area contributed by atoms with Gasteiger partial charge < -0.3 is 4.74 Å². The standard InChI is InChI=1S/C4H2O2/c1-2-6-4-3-5/h1,4H. The summed E-state index contributed by atoms with van der Waals surface area (Å²) in [6.45, 7) is 0. The molecule has 30 valence electrons. The van der Waals surface area contributed by atoms with Crippen molar-refractivity contribution in [1.29, 1.82) is 0 Å². The lowest BCUT2D eigenvalue weighted by Gasteiger charge is -1.68. The molecule has 2 heteroatoms. The van der Waals surface area contributed by atoms with Crippen LogP contribution in [0.2, 0.25) is 0 Å². The first-order valence-electron chi connectivity index (χ1n) is 1.22. The van der Waals surface area contributed by atoms with Gasteiger partial charge in [0.1, 0.15) is 6.11 Å². The van der Waals surface area contributed by atoms with E-state index in [0.717, 1.165) is 6.26 Å². The Bertz CT molecular complexity index is 103. The van der Waals surface area contributed by atoms with E-state index in [9.17, 15) is 0 Å². The van der Waals surface area contributed by atoms with E-state index in [4.69, 9.17) is 4.79 Å². The molecule has 0 atom stereocenters. The Kier molecular flexibility index (Phi) is 3.05. The molecule has 0 saturated heterocycles. The lowest BCUT2D eigenvalue weighted by Crippen LogP contribution is -1.59. The van der Waals surface area contributed by atoms with E-state index in [0.29, 0.717) is 0 Å². The predicted molar refractivity (Wildman–Crippen MR) is 20.2 cm³/mol. The number of terminal acetylenes is 1. The normalized spacial score (nSPS) is 4.50. The minimum Gasteiger partial charge on any atom is -0.404 e. The van der Waals surface area contributed by atoms with Crippen molar-refractivity contribution in [1.82, 2.24) is 0 Å². The Hall–Kier alpha value is -1.19. The maximum atomic E-state index is 9.16. The molecule has 0 heterocycles. The van der Waals surface area contributed by atoms with Gasteiger partial charge in [-0.25, -0.2) is 4.79 Å². The Balaban J connectivity index is 3.16. The Labute approximate surface area is 35.4 Å². The molecule has 0 rings (SSSR count). The van der Waals surface area contributed by atoms with Crippen molar-refractivity contribution in [3.63, 3.8) is 0 Å². The van der Waals surface area contributed by atoms with Gasteiger partial charge in [0.05, 0.1) is 0 Å². The van der Waals surface area contributed by atoms with Crippen molar-refractivity contribution in [2.45, 2.75) is 0 Å².